The molecular weight excluding hydrogens is 228 g/mol. The second-order valence-electron chi connectivity index (χ2n) is 8.07. The largest absolute Gasteiger partial charge is 0.0651 e. The first kappa shape index (κ1) is 15.4. The SMILES string of the molecule is CCC1CCC(C(C)(C)C2CCC(CC)CC2)CC1. The van der Waals surface area contributed by atoms with Crippen molar-refractivity contribution in [3.8, 4) is 0 Å². The zero-order valence-electron chi connectivity index (χ0n) is 13.9. The first-order valence-corrected chi connectivity index (χ1v) is 9.07. The molecule has 0 unspecified atom stereocenters. The van der Waals surface area contributed by atoms with Gasteiger partial charge < -0.3 is 0 Å². The zero-order valence-corrected chi connectivity index (χ0v) is 13.9. The Morgan fingerprint density at radius 3 is 1.21 bits per heavy atom. The van der Waals surface area contributed by atoms with Crippen molar-refractivity contribution < 1.29 is 0 Å². The molecule has 2 aliphatic rings. The fourth-order valence-electron chi connectivity index (χ4n) is 4.96. The zero-order chi connectivity index (χ0) is 13.9. The van der Waals surface area contributed by atoms with Gasteiger partial charge in [-0.3, -0.25) is 0 Å². The normalized spacial score (nSPS) is 37.3. The predicted molar refractivity (Wildman–Crippen MR) is 85.3 cm³/mol. The minimum Gasteiger partial charge on any atom is -0.0651 e. The molecule has 2 rings (SSSR count). The summed E-state index contributed by atoms with van der Waals surface area (Å²) in [6, 6.07) is 0. The Bertz CT molecular complexity index is 223. The highest BCUT2D eigenvalue weighted by Gasteiger charge is 2.39. The Morgan fingerprint density at radius 2 is 0.947 bits per heavy atom. The van der Waals surface area contributed by atoms with E-state index in [2.05, 4.69) is 27.7 Å². The van der Waals surface area contributed by atoms with Gasteiger partial charge >= 0.3 is 0 Å². The fraction of sp³-hybridized carbons (Fsp3) is 1.00. The molecule has 2 fully saturated rings. The Hall–Kier alpha value is 0. The molecule has 0 saturated heterocycles. The summed E-state index contributed by atoms with van der Waals surface area (Å²) in [5.74, 6) is 4.11. The molecular formula is C19H36. The highest BCUT2D eigenvalue weighted by molar-refractivity contribution is 4.90. The average Bonchev–Trinajstić information content (AvgIpc) is 2.47. The van der Waals surface area contributed by atoms with Crippen LogP contribution in [0.1, 0.15) is 91.9 Å². The van der Waals surface area contributed by atoms with E-state index in [-0.39, 0.29) is 0 Å². The Morgan fingerprint density at radius 1 is 0.632 bits per heavy atom. The van der Waals surface area contributed by atoms with Crippen LogP contribution in [0.4, 0.5) is 0 Å². The average molecular weight is 264 g/mol. The molecule has 0 aromatic heterocycles. The van der Waals surface area contributed by atoms with Crippen LogP contribution in [0.3, 0.4) is 0 Å². The first-order valence-electron chi connectivity index (χ1n) is 9.07. The fourth-order valence-corrected chi connectivity index (χ4v) is 4.96. The quantitative estimate of drug-likeness (QED) is 0.547. The highest BCUT2D eigenvalue weighted by atomic mass is 14.4. The van der Waals surface area contributed by atoms with Crippen molar-refractivity contribution in [2.45, 2.75) is 91.9 Å². The Balaban J connectivity index is 1.88. The summed E-state index contributed by atoms with van der Waals surface area (Å²) in [5, 5.41) is 0. The van der Waals surface area contributed by atoms with Crippen molar-refractivity contribution in [3.63, 3.8) is 0 Å². The van der Waals surface area contributed by atoms with E-state index in [0.29, 0.717) is 5.41 Å². The smallest absolute Gasteiger partial charge is 0.0298 e. The van der Waals surface area contributed by atoms with E-state index in [4.69, 9.17) is 0 Å². The summed E-state index contributed by atoms with van der Waals surface area (Å²) in [4.78, 5) is 0. The van der Waals surface area contributed by atoms with Crippen molar-refractivity contribution in [2.75, 3.05) is 0 Å². The van der Waals surface area contributed by atoms with Gasteiger partial charge in [0.2, 0.25) is 0 Å². The summed E-state index contributed by atoms with van der Waals surface area (Å²) in [7, 11) is 0. The molecule has 19 heavy (non-hydrogen) atoms. The van der Waals surface area contributed by atoms with Crippen molar-refractivity contribution in [2.24, 2.45) is 29.1 Å². The molecule has 0 aliphatic heterocycles. The van der Waals surface area contributed by atoms with Crippen LogP contribution in [-0.2, 0) is 0 Å². The third-order valence-corrected chi connectivity index (χ3v) is 6.95. The van der Waals surface area contributed by atoms with E-state index >= 15 is 0 Å². The molecule has 0 N–H and O–H groups in total. The lowest BCUT2D eigenvalue weighted by atomic mass is 9.59. The third kappa shape index (κ3) is 3.56. The van der Waals surface area contributed by atoms with Gasteiger partial charge in [0.15, 0.2) is 0 Å². The van der Waals surface area contributed by atoms with E-state index in [0.717, 1.165) is 23.7 Å². The molecule has 0 aromatic carbocycles. The number of hydrogen-bond acceptors (Lipinski definition) is 0. The minimum absolute atomic E-state index is 0.609. The van der Waals surface area contributed by atoms with Crippen LogP contribution in [0.15, 0.2) is 0 Å². The van der Waals surface area contributed by atoms with Gasteiger partial charge in [-0.1, -0.05) is 66.2 Å². The lowest BCUT2D eigenvalue weighted by Crippen LogP contribution is -2.37. The molecule has 2 saturated carbocycles. The van der Waals surface area contributed by atoms with Gasteiger partial charge in [-0.15, -0.1) is 0 Å². The summed E-state index contributed by atoms with van der Waals surface area (Å²) >= 11 is 0. The van der Waals surface area contributed by atoms with Crippen LogP contribution in [0.5, 0.6) is 0 Å². The van der Waals surface area contributed by atoms with Crippen molar-refractivity contribution in [1.82, 2.24) is 0 Å². The Kier molecular flexibility index (Phi) is 5.37. The van der Waals surface area contributed by atoms with Crippen LogP contribution in [0.2, 0.25) is 0 Å². The van der Waals surface area contributed by atoms with Gasteiger partial charge in [0.1, 0.15) is 0 Å². The van der Waals surface area contributed by atoms with Gasteiger partial charge in [0.05, 0.1) is 0 Å². The lowest BCUT2D eigenvalue weighted by Gasteiger charge is -2.46. The van der Waals surface area contributed by atoms with Gasteiger partial charge in [0, 0.05) is 0 Å². The molecule has 0 nitrogen and oxygen atoms in total. The first-order chi connectivity index (χ1) is 9.07. The highest BCUT2D eigenvalue weighted by Crippen LogP contribution is 2.50. The molecule has 112 valence electrons. The molecule has 0 heterocycles. The van der Waals surface area contributed by atoms with E-state index < -0.39 is 0 Å². The molecule has 0 spiro atoms. The molecule has 0 radical (unpaired) electrons. The summed E-state index contributed by atoms with van der Waals surface area (Å²) in [5.41, 5.74) is 0.609. The second-order valence-corrected chi connectivity index (χ2v) is 8.07. The van der Waals surface area contributed by atoms with Crippen LogP contribution >= 0.6 is 0 Å². The summed E-state index contributed by atoms with van der Waals surface area (Å²) < 4.78 is 0. The summed E-state index contributed by atoms with van der Waals surface area (Å²) in [6.45, 7) is 9.95. The van der Waals surface area contributed by atoms with E-state index in [9.17, 15) is 0 Å². The topological polar surface area (TPSA) is 0 Å². The van der Waals surface area contributed by atoms with E-state index in [1.165, 1.54) is 64.2 Å². The molecule has 0 heteroatoms. The van der Waals surface area contributed by atoms with Gasteiger partial charge in [-0.25, -0.2) is 0 Å². The lowest BCUT2D eigenvalue weighted by molar-refractivity contribution is 0.0381. The molecule has 0 atom stereocenters. The van der Waals surface area contributed by atoms with Crippen molar-refractivity contribution >= 4 is 0 Å². The molecule has 0 amide bonds. The van der Waals surface area contributed by atoms with Gasteiger partial charge in [0.25, 0.3) is 0 Å². The number of rotatable bonds is 4. The van der Waals surface area contributed by atoms with E-state index in [1.54, 1.807) is 0 Å². The van der Waals surface area contributed by atoms with Crippen molar-refractivity contribution in [3.05, 3.63) is 0 Å². The molecule has 0 aromatic rings. The van der Waals surface area contributed by atoms with Crippen LogP contribution in [-0.4, -0.2) is 0 Å². The number of hydrogen-bond donors (Lipinski definition) is 0. The van der Waals surface area contributed by atoms with Crippen LogP contribution < -0.4 is 0 Å². The molecule has 0 bridgehead atoms. The summed E-state index contributed by atoms with van der Waals surface area (Å²) in [6.07, 6.45) is 14.9. The third-order valence-electron chi connectivity index (χ3n) is 6.95. The molecule has 2 aliphatic carbocycles. The van der Waals surface area contributed by atoms with Crippen molar-refractivity contribution in [1.29, 1.82) is 0 Å². The van der Waals surface area contributed by atoms with Crippen LogP contribution in [0, 0.1) is 29.1 Å². The monoisotopic (exact) mass is 264 g/mol. The maximum absolute atomic E-state index is 2.60. The van der Waals surface area contributed by atoms with Crippen LogP contribution in [0.25, 0.3) is 0 Å². The Labute approximate surface area is 121 Å². The standard InChI is InChI=1S/C19H36/c1-5-15-7-11-17(12-8-15)19(3,4)18-13-9-16(6-2)10-14-18/h15-18H,5-14H2,1-4H3. The maximum Gasteiger partial charge on any atom is -0.0298 e. The predicted octanol–water partition coefficient (Wildman–Crippen LogP) is 6.45. The second kappa shape index (κ2) is 6.64. The van der Waals surface area contributed by atoms with Gasteiger partial charge in [-0.05, 0) is 54.8 Å². The maximum atomic E-state index is 2.60. The minimum atomic E-state index is 0.609. The van der Waals surface area contributed by atoms with E-state index in [1.807, 2.05) is 0 Å². The van der Waals surface area contributed by atoms with Gasteiger partial charge in [-0.2, -0.15) is 0 Å².